The van der Waals surface area contributed by atoms with Gasteiger partial charge in [0.2, 0.25) is 0 Å². The fraction of sp³-hybridized carbons (Fsp3) is 0.273. The lowest BCUT2D eigenvalue weighted by molar-refractivity contribution is 0.719. The third kappa shape index (κ3) is 2.41. The quantitative estimate of drug-likeness (QED) is 0.789. The molecule has 78 valence electrons. The van der Waals surface area contributed by atoms with E-state index in [1.807, 2.05) is 31.2 Å². The number of nitrogens with zero attached hydrogens (tertiary/aromatic N) is 2. The van der Waals surface area contributed by atoms with Gasteiger partial charge < -0.3 is 5.73 Å². The first-order valence-corrected chi connectivity index (χ1v) is 4.97. The molecule has 2 rings (SSSR count). The molecule has 0 spiro atoms. The molecule has 1 atom stereocenters. The van der Waals surface area contributed by atoms with E-state index in [9.17, 15) is 0 Å². The number of nitrogens with two attached hydrogens (primary N) is 1. The Morgan fingerprint density at radius 3 is 2.93 bits per heavy atom. The summed E-state index contributed by atoms with van der Waals surface area (Å²) in [5.41, 5.74) is 8.50. The lowest BCUT2D eigenvalue weighted by atomic mass is 10.2. The molecule has 0 amide bonds. The summed E-state index contributed by atoms with van der Waals surface area (Å²) < 4.78 is 0. The first kappa shape index (κ1) is 9.86. The first-order chi connectivity index (χ1) is 7.25. The molecule has 0 saturated heterocycles. The van der Waals surface area contributed by atoms with Gasteiger partial charge in [-0.05, 0) is 25.1 Å². The maximum absolute atomic E-state index is 5.71. The predicted molar refractivity (Wildman–Crippen MR) is 59.2 cm³/mol. The van der Waals surface area contributed by atoms with E-state index in [2.05, 4.69) is 15.2 Å². The van der Waals surface area contributed by atoms with E-state index in [-0.39, 0.29) is 6.04 Å². The summed E-state index contributed by atoms with van der Waals surface area (Å²) in [5, 5.41) is 7.16. The van der Waals surface area contributed by atoms with Crippen LogP contribution in [0.15, 0.2) is 30.5 Å². The maximum atomic E-state index is 5.71. The average molecular weight is 202 g/mol. The molecule has 2 heterocycles. The second-order valence-electron chi connectivity index (χ2n) is 3.67. The SMILES string of the molecule is CC(N)Cc1cc(-c2ccccn2)n[nH]1. The van der Waals surface area contributed by atoms with Gasteiger partial charge in [-0.3, -0.25) is 10.1 Å². The molecule has 0 aromatic carbocycles. The summed E-state index contributed by atoms with van der Waals surface area (Å²) in [6.07, 6.45) is 2.56. The highest BCUT2D eigenvalue weighted by Gasteiger charge is 2.05. The van der Waals surface area contributed by atoms with Gasteiger partial charge >= 0.3 is 0 Å². The van der Waals surface area contributed by atoms with E-state index in [0.29, 0.717) is 0 Å². The van der Waals surface area contributed by atoms with Gasteiger partial charge in [0.15, 0.2) is 0 Å². The molecule has 0 saturated carbocycles. The van der Waals surface area contributed by atoms with Crippen molar-refractivity contribution in [3.05, 3.63) is 36.2 Å². The van der Waals surface area contributed by atoms with Gasteiger partial charge in [0.25, 0.3) is 0 Å². The molecule has 3 N–H and O–H groups in total. The number of nitrogens with one attached hydrogen (secondary N) is 1. The zero-order chi connectivity index (χ0) is 10.7. The molecule has 1 unspecified atom stereocenters. The molecule has 0 aliphatic rings. The Morgan fingerprint density at radius 1 is 1.40 bits per heavy atom. The Hall–Kier alpha value is -1.68. The average Bonchev–Trinajstić information content (AvgIpc) is 2.67. The standard InChI is InChI=1S/C11H14N4/c1-8(12)6-9-7-11(15-14-9)10-4-2-3-5-13-10/h2-5,7-8H,6,12H2,1H3,(H,14,15). The van der Waals surface area contributed by atoms with Crippen molar-refractivity contribution < 1.29 is 0 Å². The lowest BCUT2D eigenvalue weighted by Crippen LogP contribution is -2.17. The van der Waals surface area contributed by atoms with Crippen LogP contribution in [0.5, 0.6) is 0 Å². The van der Waals surface area contributed by atoms with Crippen LogP contribution in [-0.2, 0) is 6.42 Å². The van der Waals surface area contributed by atoms with Crippen LogP contribution in [0, 0.1) is 0 Å². The number of hydrogen-bond donors (Lipinski definition) is 2. The smallest absolute Gasteiger partial charge is 0.111 e. The molecule has 15 heavy (non-hydrogen) atoms. The van der Waals surface area contributed by atoms with Gasteiger partial charge in [-0.1, -0.05) is 6.07 Å². The summed E-state index contributed by atoms with van der Waals surface area (Å²) in [6, 6.07) is 7.90. The largest absolute Gasteiger partial charge is 0.328 e. The third-order valence-corrected chi connectivity index (χ3v) is 2.10. The zero-order valence-electron chi connectivity index (χ0n) is 8.64. The minimum atomic E-state index is 0.141. The summed E-state index contributed by atoms with van der Waals surface area (Å²) in [6.45, 7) is 1.97. The zero-order valence-corrected chi connectivity index (χ0v) is 8.64. The number of hydrogen-bond acceptors (Lipinski definition) is 3. The van der Waals surface area contributed by atoms with Crippen LogP contribution in [0.25, 0.3) is 11.4 Å². The van der Waals surface area contributed by atoms with Crippen LogP contribution in [-0.4, -0.2) is 21.2 Å². The number of aromatic amines is 1. The lowest BCUT2D eigenvalue weighted by Gasteiger charge is -1.99. The van der Waals surface area contributed by atoms with Crippen LogP contribution in [0.2, 0.25) is 0 Å². The highest BCUT2D eigenvalue weighted by Crippen LogP contribution is 2.14. The summed E-state index contributed by atoms with van der Waals surface area (Å²) >= 11 is 0. The Bertz CT molecular complexity index is 419. The summed E-state index contributed by atoms with van der Waals surface area (Å²) in [7, 11) is 0. The maximum Gasteiger partial charge on any atom is 0.111 e. The normalized spacial score (nSPS) is 12.7. The topological polar surface area (TPSA) is 67.6 Å². The van der Waals surface area contributed by atoms with Gasteiger partial charge in [0.05, 0.1) is 5.69 Å². The van der Waals surface area contributed by atoms with E-state index in [1.54, 1.807) is 6.20 Å². The minimum absolute atomic E-state index is 0.141. The van der Waals surface area contributed by atoms with E-state index >= 15 is 0 Å². The highest BCUT2D eigenvalue weighted by atomic mass is 15.1. The van der Waals surface area contributed by atoms with Crippen LogP contribution in [0.3, 0.4) is 0 Å². The Balaban J connectivity index is 2.21. The molecule has 0 fully saturated rings. The van der Waals surface area contributed by atoms with E-state index in [4.69, 9.17) is 5.73 Å². The Labute approximate surface area is 88.5 Å². The van der Waals surface area contributed by atoms with Crippen molar-refractivity contribution in [1.82, 2.24) is 15.2 Å². The van der Waals surface area contributed by atoms with Gasteiger partial charge in [-0.15, -0.1) is 0 Å². The number of pyridine rings is 1. The monoisotopic (exact) mass is 202 g/mol. The Morgan fingerprint density at radius 2 is 2.27 bits per heavy atom. The van der Waals surface area contributed by atoms with Crippen molar-refractivity contribution in [2.24, 2.45) is 5.73 Å². The number of aromatic nitrogens is 3. The summed E-state index contributed by atoms with van der Waals surface area (Å²) in [5.74, 6) is 0. The van der Waals surface area contributed by atoms with Gasteiger partial charge in [0.1, 0.15) is 5.69 Å². The van der Waals surface area contributed by atoms with Crippen LogP contribution < -0.4 is 5.73 Å². The van der Waals surface area contributed by atoms with Crippen LogP contribution in [0.4, 0.5) is 0 Å². The molecule has 4 nitrogen and oxygen atoms in total. The molecule has 4 heteroatoms. The van der Waals surface area contributed by atoms with Gasteiger partial charge in [-0.25, -0.2) is 0 Å². The highest BCUT2D eigenvalue weighted by molar-refractivity contribution is 5.53. The van der Waals surface area contributed by atoms with Gasteiger partial charge in [0, 0.05) is 24.4 Å². The van der Waals surface area contributed by atoms with Crippen molar-refractivity contribution in [1.29, 1.82) is 0 Å². The second-order valence-corrected chi connectivity index (χ2v) is 3.67. The molecular formula is C11H14N4. The van der Waals surface area contributed by atoms with E-state index in [1.165, 1.54) is 0 Å². The van der Waals surface area contributed by atoms with Crippen molar-refractivity contribution in [3.63, 3.8) is 0 Å². The molecular weight excluding hydrogens is 188 g/mol. The van der Waals surface area contributed by atoms with Crippen molar-refractivity contribution >= 4 is 0 Å². The van der Waals surface area contributed by atoms with E-state index < -0.39 is 0 Å². The molecule has 0 aliphatic heterocycles. The predicted octanol–water partition coefficient (Wildman–Crippen LogP) is 1.36. The molecule has 0 aliphatic carbocycles. The third-order valence-electron chi connectivity index (χ3n) is 2.10. The van der Waals surface area contributed by atoms with Crippen molar-refractivity contribution in [2.75, 3.05) is 0 Å². The van der Waals surface area contributed by atoms with E-state index in [0.717, 1.165) is 23.5 Å². The van der Waals surface area contributed by atoms with Crippen molar-refractivity contribution in [3.8, 4) is 11.4 Å². The first-order valence-electron chi connectivity index (χ1n) is 4.97. The summed E-state index contributed by atoms with van der Waals surface area (Å²) in [4.78, 5) is 4.23. The minimum Gasteiger partial charge on any atom is -0.328 e. The number of rotatable bonds is 3. The molecule has 0 bridgehead atoms. The molecule has 2 aromatic heterocycles. The fourth-order valence-corrected chi connectivity index (χ4v) is 1.46. The van der Waals surface area contributed by atoms with Crippen LogP contribution in [0.1, 0.15) is 12.6 Å². The van der Waals surface area contributed by atoms with Crippen LogP contribution >= 0.6 is 0 Å². The van der Waals surface area contributed by atoms with Crippen molar-refractivity contribution in [2.45, 2.75) is 19.4 Å². The van der Waals surface area contributed by atoms with Gasteiger partial charge in [-0.2, -0.15) is 5.10 Å². The molecule has 0 radical (unpaired) electrons. The number of H-pyrrole nitrogens is 1. The fourth-order valence-electron chi connectivity index (χ4n) is 1.46. The molecule has 2 aromatic rings. The Kier molecular flexibility index (Phi) is 2.78. The second kappa shape index (κ2) is 4.23.